The van der Waals surface area contributed by atoms with E-state index in [1.165, 1.54) is 0 Å². The van der Waals surface area contributed by atoms with Crippen LogP contribution in [0.4, 0.5) is 11.4 Å². The van der Waals surface area contributed by atoms with Crippen LogP contribution in [0.2, 0.25) is 5.02 Å². The van der Waals surface area contributed by atoms with Crippen LogP contribution in [0.1, 0.15) is 5.56 Å². The Morgan fingerprint density at radius 1 is 1.14 bits per heavy atom. The van der Waals surface area contributed by atoms with Crippen LogP contribution in [0.15, 0.2) is 59.1 Å². The normalized spacial score (nSPS) is 16.0. The van der Waals surface area contributed by atoms with Crippen molar-refractivity contribution in [2.75, 3.05) is 5.32 Å². The van der Waals surface area contributed by atoms with E-state index in [0.29, 0.717) is 22.0 Å². The van der Waals surface area contributed by atoms with E-state index in [1.54, 1.807) is 30.3 Å². The van der Waals surface area contributed by atoms with Crippen molar-refractivity contribution >= 4 is 40.8 Å². The molecule has 1 aliphatic heterocycles. The number of rotatable bonds is 1. The maximum atomic E-state index is 12.3. The molecular weight excluding hydrogens is 286 g/mol. The van der Waals surface area contributed by atoms with Crippen LogP contribution in [-0.4, -0.2) is 11.7 Å². The zero-order chi connectivity index (χ0) is 14.8. The molecule has 0 unspecified atom stereocenters. The summed E-state index contributed by atoms with van der Waals surface area (Å²) in [6.07, 6.45) is 1.67. The van der Waals surface area contributed by atoms with Crippen molar-refractivity contribution < 1.29 is 4.79 Å². The van der Waals surface area contributed by atoms with Crippen LogP contribution in [0.25, 0.3) is 6.08 Å². The highest BCUT2D eigenvalue weighted by atomic mass is 35.5. The lowest BCUT2D eigenvalue weighted by molar-refractivity contribution is -0.112. The summed E-state index contributed by atoms with van der Waals surface area (Å²) in [5.41, 5.74) is 8.34. The lowest BCUT2D eigenvalue weighted by atomic mass is 10.1. The molecule has 2 aromatic rings. The van der Waals surface area contributed by atoms with Crippen LogP contribution in [0, 0.1) is 0 Å². The van der Waals surface area contributed by atoms with E-state index in [-0.39, 0.29) is 11.7 Å². The van der Waals surface area contributed by atoms with Gasteiger partial charge in [-0.15, -0.1) is 0 Å². The van der Waals surface area contributed by atoms with Gasteiger partial charge in [-0.25, -0.2) is 4.99 Å². The Labute approximate surface area is 127 Å². The second-order valence-corrected chi connectivity index (χ2v) is 5.02. The third kappa shape index (κ3) is 2.80. The molecule has 3 N–H and O–H groups in total. The molecule has 1 amide bonds. The minimum Gasteiger partial charge on any atom is -0.383 e. The van der Waals surface area contributed by atoms with Gasteiger partial charge in [0.05, 0.1) is 16.9 Å². The average molecular weight is 298 g/mol. The van der Waals surface area contributed by atoms with Crippen LogP contribution in [-0.2, 0) is 4.79 Å². The Morgan fingerprint density at radius 3 is 2.76 bits per heavy atom. The van der Waals surface area contributed by atoms with Crippen molar-refractivity contribution in [3.63, 3.8) is 0 Å². The van der Waals surface area contributed by atoms with Crippen LogP contribution in [0.3, 0.4) is 0 Å². The number of nitrogens with two attached hydrogens (primary N) is 1. The van der Waals surface area contributed by atoms with E-state index in [9.17, 15) is 4.79 Å². The molecule has 4 nitrogen and oxygen atoms in total. The Kier molecular flexibility index (Phi) is 3.46. The Balaban J connectivity index is 2.07. The molecular formula is C16H12ClN3O. The third-order valence-electron chi connectivity index (χ3n) is 3.07. The molecule has 2 aromatic carbocycles. The summed E-state index contributed by atoms with van der Waals surface area (Å²) in [7, 11) is 0. The number of anilines is 1. The van der Waals surface area contributed by atoms with Gasteiger partial charge < -0.3 is 11.1 Å². The van der Waals surface area contributed by atoms with Gasteiger partial charge in [0.1, 0.15) is 5.84 Å². The van der Waals surface area contributed by atoms with Crippen molar-refractivity contribution in [2.24, 2.45) is 10.7 Å². The molecule has 0 saturated carbocycles. The van der Waals surface area contributed by atoms with Crippen molar-refractivity contribution in [3.8, 4) is 0 Å². The number of amides is 1. The Hall–Kier alpha value is -2.59. The number of hydrogen-bond donors (Lipinski definition) is 2. The molecule has 0 aliphatic carbocycles. The number of aliphatic imine (C=N–C) groups is 1. The third-order valence-corrected chi connectivity index (χ3v) is 3.31. The quantitative estimate of drug-likeness (QED) is 0.793. The van der Waals surface area contributed by atoms with E-state index in [0.717, 1.165) is 5.56 Å². The zero-order valence-electron chi connectivity index (χ0n) is 11.0. The van der Waals surface area contributed by atoms with Gasteiger partial charge in [-0.1, -0.05) is 35.9 Å². The van der Waals surface area contributed by atoms with Crippen molar-refractivity contribution in [1.29, 1.82) is 0 Å². The van der Waals surface area contributed by atoms with Gasteiger partial charge in [-0.3, -0.25) is 4.79 Å². The van der Waals surface area contributed by atoms with E-state index in [2.05, 4.69) is 10.3 Å². The molecule has 0 saturated heterocycles. The summed E-state index contributed by atoms with van der Waals surface area (Å²) >= 11 is 5.95. The summed E-state index contributed by atoms with van der Waals surface area (Å²) in [4.78, 5) is 16.6. The summed E-state index contributed by atoms with van der Waals surface area (Å²) in [5.74, 6) is -0.112. The minimum atomic E-state index is -0.291. The first-order valence-electron chi connectivity index (χ1n) is 6.36. The van der Waals surface area contributed by atoms with Gasteiger partial charge in [0.25, 0.3) is 5.91 Å². The Bertz CT molecular complexity index is 781. The van der Waals surface area contributed by atoms with Crippen LogP contribution >= 0.6 is 11.6 Å². The lowest BCUT2D eigenvalue weighted by Gasteiger charge is -2.05. The predicted octanol–water partition coefficient (Wildman–Crippen LogP) is 3.36. The highest BCUT2D eigenvalue weighted by Gasteiger charge is 2.19. The maximum Gasteiger partial charge on any atom is 0.259 e. The smallest absolute Gasteiger partial charge is 0.259 e. The number of amidine groups is 1. The number of carbonyl (C=O) groups excluding carboxylic acids is 1. The summed E-state index contributed by atoms with van der Waals surface area (Å²) < 4.78 is 0. The van der Waals surface area contributed by atoms with Gasteiger partial charge in [0.2, 0.25) is 0 Å². The number of carbonyl (C=O) groups is 1. The van der Waals surface area contributed by atoms with E-state index < -0.39 is 0 Å². The molecule has 1 heterocycles. The number of para-hydroxylation sites is 2. The molecule has 0 aromatic heterocycles. The van der Waals surface area contributed by atoms with Crippen LogP contribution in [0.5, 0.6) is 0 Å². The Morgan fingerprint density at radius 2 is 1.95 bits per heavy atom. The van der Waals surface area contributed by atoms with Gasteiger partial charge in [-0.05, 0) is 35.9 Å². The molecule has 1 aliphatic rings. The van der Waals surface area contributed by atoms with Gasteiger partial charge in [0.15, 0.2) is 0 Å². The summed E-state index contributed by atoms with van der Waals surface area (Å²) in [6, 6.07) is 14.4. The molecule has 0 radical (unpaired) electrons. The number of nitrogens with one attached hydrogen (secondary N) is 1. The largest absolute Gasteiger partial charge is 0.383 e. The van der Waals surface area contributed by atoms with Crippen molar-refractivity contribution in [3.05, 3.63) is 64.7 Å². The molecule has 21 heavy (non-hydrogen) atoms. The maximum absolute atomic E-state index is 12.3. The monoisotopic (exact) mass is 297 g/mol. The SMILES string of the molecule is NC1=Nc2ccccc2NC(=O)/C1=C\c1cccc(Cl)c1. The molecule has 0 atom stereocenters. The first-order valence-corrected chi connectivity index (χ1v) is 6.73. The fourth-order valence-corrected chi connectivity index (χ4v) is 2.27. The highest BCUT2D eigenvalue weighted by molar-refractivity contribution is 6.31. The zero-order valence-corrected chi connectivity index (χ0v) is 11.8. The highest BCUT2D eigenvalue weighted by Crippen LogP contribution is 2.28. The summed E-state index contributed by atoms with van der Waals surface area (Å²) in [6.45, 7) is 0. The number of halogens is 1. The first-order chi connectivity index (χ1) is 10.1. The van der Waals surface area contributed by atoms with E-state index in [4.69, 9.17) is 17.3 Å². The van der Waals surface area contributed by atoms with Gasteiger partial charge in [0, 0.05) is 5.02 Å². The summed E-state index contributed by atoms with van der Waals surface area (Å²) in [5, 5.41) is 3.40. The molecule has 0 spiro atoms. The second kappa shape index (κ2) is 5.42. The number of fused-ring (bicyclic) bond motifs is 1. The minimum absolute atomic E-state index is 0.178. The topological polar surface area (TPSA) is 67.5 Å². The number of benzene rings is 2. The first kappa shape index (κ1) is 13.4. The molecule has 3 rings (SSSR count). The number of nitrogens with zero attached hydrogens (tertiary/aromatic N) is 1. The van der Waals surface area contributed by atoms with Crippen molar-refractivity contribution in [2.45, 2.75) is 0 Å². The van der Waals surface area contributed by atoms with E-state index >= 15 is 0 Å². The molecule has 5 heteroatoms. The van der Waals surface area contributed by atoms with Crippen molar-refractivity contribution in [1.82, 2.24) is 0 Å². The van der Waals surface area contributed by atoms with E-state index in [1.807, 2.05) is 24.3 Å². The molecule has 0 bridgehead atoms. The predicted molar refractivity (Wildman–Crippen MR) is 85.8 cm³/mol. The lowest BCUT2D eigenvalue weighted by Crippen LogP contribution is -2.24. The molecule has 0 fully saturated rings. The number of hydrogen-bond acceptors (Lipinski definition) is 3. The standard InChI is InChI=1S/C16H12ClN3O/c17-11-5-3-4-10(8-11)9-12-15(18)19-13-6-1-2-7-14(13)20-16(12)21/h1-9H,(H2,18,19)(H,20,21)/b12-9-. The van der Waals surface area contributed by atoms with Gasteiger partial charge >= 0.3 is 0 Å². The van der Waals surface area contributed by atoms with Crippen LogP contribution < -0.4 is 11.1 Å². The average Bonchev–Trinajstić information content (AvgIpc) is 2.57. The van der Waals surface area contributed by atoms with Gasteiger partial charge in [-0.2, -0.15) is 0 Å². The molecule has 104 valence electrons. The fourth-order valence-electron chi connectivity index (χ4n) is 2.08. The fraction of sp³-hybridized carbons (Fsp3) is 0. The second-order valence-electron chi connectivity index (χ2n) is 4.58.